The Morgan fingerprint density at radius 1 is 1.22 bits per heavy atom. The fourth-order valence-electron chi connectivity index (χ4n) is 3.65. The van der Waals surface area contributed by atoms with Crippen LogP contribution in [-0.4, -0.2) is 57.8 Å². The molecule has 1 atom stereocenters. The van der Waals surface area contributed by atoms with E-state index in [4.69, 9.17) is 4.74 Å². The van der Waals surface area contributed by atoms with Crippen molar-refractivity contribution in [1.29, 1.82) is 0 Å². The molecule has 0 aromatic rings. The lowest BCUT2D eigenvalue weighted by Gasteiger charge is -2.29. The quantitative estimate of drug-likeness (QED) is 0.450. The predicted molar refractivity (Wildman–Crippen MR) is 102 cm³/mol. The molecule has 152 valence electrons. The summed E-state index contributed by atoms with van der Waals surface area (Å²) in [5.41, 5.74) is 2.07. The van der Waals surface area contributed by atoms with Gasteiger partial charge in [-0.15, -0.1) is 0 Å². The van der Waals surface area contributed by atoms with E-state index in [0.717, 1.165) is 38.5 Å². The van der Waals surface area contributed by atoms with Crippen molar-refractivity contribution in [3.05, 3.63) is 0 Å². The molecule has 1 saturated carbocycles. The molecule has 1 saturated heterocycles. The average Bonchev–Trinajstić information content (AvgIpc) is 2.83. The van der Waals surface area contributed by atoms with Crippen LogP contribution in [0.1, 0.15) is 73.1 Å². The minimum atomic E-state index is -0.769. The molecule has 1 heterocycles. The number of ether oxygens (including phenoxy) is 1. The van der Waals surface area contributed by atoms with Crippen molar-refractivity contribution in [3.8, 4) is 0 Å². The molecule has 1 aliphatic heterocycles. The van der Waals surface area contributed by atoms with Crippen LogP contribution in [0, 0.1) is 0 Å². The second kappa shape index (κ2) is 8.71. The summed E-state index contributed by atoms with van der Waals surface area (Å²) in [6, 6.07) is -1.05. The van der Waals surface area contributed by atoms with E-state index in [2.05, 4.69) is 10.5 Å². The molecule has 8 heteroatoms. The SMILES string of the molecule is CCCN1C(=O)N(C2CCCCC2)C(=O)C1/C(C)=N/NC(=O)OC(C)(C)C. The van der Waals surface area contributed by atoms with Gasteiger partial charge in [0, 0.05) is 12.6 Å². The number of hydrogen-bond acceptors (Lipinski definition) is 5. The molecule has 2 rings (SSSR count). The van der Waals surface area contributed by atoms with Crippen LogP contribution < -0.4 is 5.43 Å². The summed E-state index contributed by atoms with van der Waals surface area (Å²) in [5, 5.41) is 4.04. The summed E-state index contributed by atoms with van der Waals surface area (Å²) >= 11 is 0. The summed E-state index contributed by atoms with van der Waals surface area (Å²) in [5.74, 6) is -0.243. The van der Waals surface area contributed by atoms with Crippen LogP contribution >= 0.6 is 0 Å². The molecule has 2 aliphatic rings. The maximum atomic E-state index is 13.1. The molecule has 1 aliphatic carbocycles. The lowest BCUT2D eigenvalue weighted by molar-refractivity contribution is -0.128. The van der Waals surface area contributed by atoms with Gasteiger partial charge in [0.05, 0.1) is 5.71 Å². The van der Waals surface area contributed by atoms with E-state index in [0.29, 0.717) is 12.3 Å². The number of imide groups is 1. The van der Waals surface area contributed by atoms with E-state index in [-0.39, 0.29) is 18.0 Å². The van der Waals surface area contributed by atoms with Crippen molar-refractivity contribution in [3.63, 3.8) is 0 Å². The third kappa shape index (κ3) is 5.20. The third-order valence-electron chi connectivity index (χ3n) is 4.76. The minimum absolute atomic E-state index is 0.0327. The molecule has 8 nitrogen and oxygen atoms in total. The van der Waals surface area contributed by atoms with Crippen LogP contribution in [0.15, 0.2) is 5.10 Å². The summed E-state index contributed by atoms with van der Waals surface area (Å²) in [7, 11) is 0. The molecule has 2 fully saturated rings. The summed E-state index contributed by atoms with van der Waals surface area (Å²) in [6.07, 6.45) is 4.98. The van der Waals surface area contributed by atoms with Gasteiger partial charge < -0.3 is 9.64 Å². The lowest BCUT2D eigenvalue weighted by atomic mass is 9.94. The third-order valence-corrected chi connectivity index (χ3v) is 4.76. The van der Waals surface area contributed by atoms with Crippen LogP contribution in [-0.2, 0) is 9.53 Å². The van der Waals surface area contributed by atoms with Crippen LogP contribution in [0.3, 0.4) is 0 Å². The Balaban J connectivity index is 2.16. The largest absolute Gasteiger partial charge is 0.443 e. The Kier molecular flexibility index (Phi) is 6.84. The van der Waals surface area contributed by atoms with Gasteiger partial charge in [-0.05, 0) is 47.0 Å². The van der Waals surface area contributed by atoms with Crippen LogP contribution in [0.2, 0.25) is 0 Å². The number of nitrogens with one attached hydrogen (secondary N) is 1. The highest BCUT2D eigenvalue weighted by Crippen LogP contribution is 2.29. The second-order valence-corrected chi connectivity index (χ2v) is 8.25. The number of amides is 4. The van der Waals surface area contributed by atoms with Gasteiger partial charge in [-0.25, -0.2) is 15.0 Å². The highest BCUT2D eigenvalue weighted by atomic mass is 16.6. The second-order valence-electron chi connectivity index (χ2n) is 8.25. The van der Waals surface area contributed by atoms with Gasteiger partial charge in [-0.1, -0.05) is 26.2 Å². The normalized spacial score (nSPS) is 22.4. The van der Waals surface area contributed by atoms with E-state index >= 15 is 0 Å². The lowest BCUT2D eigenvalue weighted by Crippen LogP contribution is -2.43. The van der Waals surface area contributed by atoms with Crippen molar-refractivity contribution in [2.75, 3.05) is 6.54 Å². The Morgan fingerprint density at radius 3 is 2.41 bits per heavy atom. The van der Waals surface area contributed by atoms with Crippen LogP contribution in [0.5, 0.6) is 0 Å². The number of carbonyl (C=O) groups is 3. The maximum absolute atomic E-state index is 13.1. The monoisotopic (exact) mass is 380 g/mol. The van der Waals surface area contributed by atoms with Gasteiger partial charge in [-0.2, -0.15) is 5.10 Å². The highest BCUT2D eigenvalue weighted by molar-refractivity contribution is 6.17. The number of carbonyl (C=O) groups excluding carboxylic acids is 3. The predicted octanol–water partition coefficient (Wildman–Crippen LogP) is 3.26. The van der Waals surface area contributed by atoms with Gasteiger partial charge in [-0.3, -0.25) is 9.69 Å². The molecule has 1 unspecified atom stereocenters. The number of nitrogens with zero attached hydrogens (tertiary/aromatic N) is 3. The first-order valence-electron chi connectivity index (χ1n) is 9.82. The number of rotatable bonds is 5. The van der Waals surface area contributed by atoms with Gasteiger partial charge in [0.25, 0.3) is 5.91 Å². The van der Waals surface area contributed by atoms with E-state index in [1.54, 1.807) is 32.6 Å². The number of urea groups is 1. The van der Waals surface area contributed by atoms with Crippen molar-refractivity contribution in [2.24, 2.45) is 5.10 Å². The molecule has 0 aromatic heterocycles. The summed E-state index contributed by atoms with van der Waals surface area (Å²) < 4.78 is 5.16. The zero-order valence-corrected chi connectivity index (χ0v) is 17.1. The summed E-state index contributed by atoms with van der Waals surface area (Å²) in [4.78, 5) is 40.8. The van der Waals surface area contributed by atoms with Crippen molar-refractivity contribution >= 4 is 23.7 Å². The van der Waals surface area contributed by atoms with Crippen LogP contribution in [0.4, 0.5) is 9.59 Å². The van der Waals surface area contributed by atoms with Gasteiger partial charge in [0.1, 0.15) is 5.60 Å². The Hall–Kier alpha value is -2.12. The zero-order valence-electron chi connectivity index (χ0n) is 17.1. The first-order chi connectivity index (χ1) is 12.7. The van der Waals surface area contributed by atoms with E-state index in [1.807, 2.05) is 6.92 Å². The smallest absolute Gasteiger partial charge is 0.428 e. The molecule has 1 N–H and O–H groups in total. The van der Waals surface area contributed by atoms with Crippen molar-refractivity contribution < 1.29 is 19.1 Å². The standard InChI is InChI=1S/C19H32N4O4/c1-6-12-22-15(13(2)20-21-17(25)27-19(3,4)5)16(24)23(18(22)26)14-10-8-7-9-11-14/h14-15H,6-12H2,1-5H3,(H,21,25)/b20-13+. The van der Waals surface area contributed by atoms with Crippen molar-refractivity contribution in [2.45, 2.75) is 90.8 Å². The first-order valence-corrected chi connectivity index (χ1v) is 9.82. The molecule has 27 heavy (non-hydrogen) atoms. The molecule has 0 spiro atoms. The molecule has 0 bridgehead atoms. The fraction of sp³-hybridized carbons (Fsp3) is 0.789. The minimum Gasteiger partial charge on any atom is -0.443 e. The highest BCUT2D eigenvalue weighted by Gasteiger charge is 2.49. The summed E-state index contributed by atoms with van der Waals surface area (Å²) in [6.45, 7) is 9.36. The topological polar surface area (TPSA) is 91.3 Å². The van der Waals surface area contributed by atoms with Gasteiger partial charge in [0.2, 0.25) is 0 Å². The van der Waals surface area contributed by atoms with E-state index < -0.39 is 17.7 Å². The average molecular weight is 380 g/mol. The Morgan fingerprint density at radius 2 is 1.85 bits per heavy atom. The van der Waals surface area contributed by atoms with Gasteiger partial charge in [0.15, 0.2) is 6.04 Å². The maximum Gasteiger partial charge on any atom is 0.428 e. The Bertz CT molecular complexity index is 605. The number of hydrogen-bond donors (Lipinski definition) is 1. The molecular weight excluding hydrogens is 348 g/mol. The molecule has 4 amide bonds. The first kappa shape index (κ1) is 21.2. The Labute approximate surface area is 161 Å². The number of hydrazone groups is 1. The molecule has 0 radical (unpaired) electrons. The van der Waals surface area contributed by atoms with Gasteiger partial charge >= 0.3 is 12.1 Å². The molecule has 0 aromatic carbocycles. The van der Waals surface area contributed by atoms with Crippen LogP contribution in [0.25, 0.3) is 0 Å². The van der Waals surface area contributed by atoms with Crippen molar-refractivity contribution in [1.82, 2.24) is 15.2 Å². The fourth-order valence-corrected chi connectivity index (χ4v) is 3.65. The van der Waals surface area contributed by atoms with E-state index in [1.165, 1.54) is 4.90 Å². The van der Waals surface area contributed by atoms with E-state index in [9.17, 15) is 14.4 Å². The molecular formula is C19H32N4O4. The zero-order chi connectivity index (χ0) is 20.2.